The summed E-state index contributed by atoms with van der Waals surface area (Å²) < 4.78 is 2.33. The van der Waals surface area contributed by atoms with Gasteiger partial charge in [0, 0.05) is 25.4 Å². The third-order valence-corrected chi connectivity index (χ3v) is 4.76. The van der Waals surface area contributed by atoms with E-state index in [-0.39, 0.29) is 5.91 Å². The molecule has 23 heavy (non-hydrogen) atoms. The molecular formula is C17H25N5O. The van der Waals surface area contributed by atoms with Crippen molar-refractivity contribution in [3.05, 3.63) is 11.6 Å². The molecule has 6 heteroatoms. The lowest BCUT2D eigenvalue weighted by Crippen LogP contribution is -2.42. The summed E-state index contributed by atoms with van der Waals surface area (Å²) in [4.78, 5) is 14.1. The van der Waals surface area contributed by atoms with Gasteiger partial charge in [0.05, 0.1) is 13.1 Å². The molecule has 0 radical (unpaired) electrons. The summed E-state index contributed by atoms with van der Waals surface area (Å²) in [6, 6.07) is 0. The number of rotatable bonds is 4. The van der Waals surface area contributed by atoms with Gasteiger partial charge in [0.1, 0.15) is 11.6 Å². The third-order valence-electron chi connectivity index (χ3n) is 4.76. The molecule has 1 unspecified atom stereocenters. The average molecular weight is 315 g/mol. The van der Waals surface area contributed by atoms with Crippen molar-refractivity contribution < 1.29 is 4.79 Å². The van der Waals surface area contributed by atoms with Crippen LogP contribution in [0.4, 0.5) is 0 Å². The molecule has 124 valence electrons. The predicted molar refractivity (Wildman–Crippen MR) is 87.8 cm³/mol. The summed E-state index contributed by atoms with van der Waals surface area (Å²) in [6.07, 6.45) is 12.1. The van der Waals surface area contributed by atoms with Crippen LogP contribution in [0.25, 0.3) is 0 Å². The number of nitrogens with zero attached hydrogens (tertiary/aromatic N) is 4. The van der Waals surface area contributed by atoms with Gasteiger partial charge in [0.2, 0.25) is 5.91 Å². The SMILES string of the molecule is C#CCNC(=O)CN1CCCC(c2nnc3n2CCCCC3)C1. The molecule has 1 saturated heterocycles. The molecule has 0 aliphatic carbocycles. The Bertz CT molecular complexity index is 588. The molecule has 0 aromatic carbocycles. The fraction of sp³-hybridized carbons (Fsp3) is 0.706. The maximum atomic E-state index is 11.9. The van der Waals surface area contributed by atoms with Gasteiger partial charge >= 0.3 is 0 Å². The first-order valence-corrected chi connectivity index (χ1v) is 8.62. The van der Waals surface area contributed by atoms with E-state index in [9.17, 15) is 4.79 Å². The molecule has 1 aromatic rings. The van der Waals surface area contributed by atoms with Crippen LogP contribution in [-0.4, -0.2) is 51.8 Å². The Morgan fingerprint density at radius 3 is 3.04 bits per heavy atom. The maximum absolute atomic E-state index is 11.9. The summed E-state index contributed by atoms with van der Waals surface area (Å²) >= 11 is 0. The number of piperidine rings is 1. The van der Waals surface area contributed by atoms with E-state index in [0.717, 1.165) is 50.5 Å². The van der Waals surface area contributed by atoms with Gasteiger partial charge in [-0.3, -0.25) is 9.69 Å². The zero-order valence-electron chi connectivity index (χ0n) is 13.6. The van der Waals surface area contributed by atoms with Crippen LogP contribution < -0.4 is 5.32 Å². The van der Waals surface area contributed by atoms with Crippen LogP contribution in [0.1, 0.15) is 49.7 Å². The van der Waals surface area contributed by atoms with Gasteiger partial charge in [-0.2, -0.15) is 0 Å². The van der Waals surface area contributed by atoms with Gasteiger partial charge in [0.25, 0.3) is 0 Å². The average Bonchev–Trinajstić information content (AvgIpc) is 2.82. The molecule has 0 bridgehead atoms. The fourth-order valence-electron chi connectivity index (χ4n) is 3.63. The van der Waals surface area contributed by atoms with E-state index in [4.69, 9.17) is 6.42 Å². The number of carbonyl (C=O) groups is 1. The van der Waals surface area contributed by atoms with E-state index in [1.165, 1.54) is 19.3 Å². The monoisotopic (exact) mass is 315 g/mol. The molecule has 1 amide bonds. The molecule has 3 rings (SSSR count). The number of aromatic nitrogens is 3. The summed E-state index contributed by atoms with van der Waals surface area (Å²) in [7, 11) is 0. The standard InChI is InChI=1S/C17H25N5O/c1-2-9-18-16(23)13-21-10-6-7-14(12-21)17-20-19-15-8-4-3-5-11-22(15)17/h1,14H,3-13H2,(H,18,23). The van der Waals surface area contributed by atoms with E-state index >= 15 is 0 Å². The zero-order chi connectivity index (χ0) is 16.1. The summed E-state index contributed by atoms with van der Waals surface area (Å²) in [5.74, 6) is 5.08. The lowest BCUT2D eigenvalue weighted by Gasteiger charge is -2.31. The van der Waals surface area contributed by atoms with Gasteiger partial charge in [-0.05, 0) is 32.2 Å². The fourth-order valence-corrected chi connectivity index (χ4v) is 3.63. The largest absolute Gasteiger partial charge is 0.344 e. The molecule has 1 N–H and O–H groups in total. The molecule has 6 nitrogen and oxygen atoms in total. The van der Waals surface area contributed by atoms with Crippen molar-refractivity contribution in [1.29, 1.82) is 0 Å². The molecule has 0 spiro atoms. The van der Waals surface area contributed by atoms with Crippen molar-refractivity contribution in [2.24, 2.45) is 0 Å². The molecule has 2 aliphatic heterocycles. The second-order valence-electron chi connectivity index (χ2n) is 6.49. The summed E-state index contributed by atoms with van der Waals surface area (Å²) in [5, 5.41) is 11.6. The Morgan fingerprint density at radius 2 is 2.17 bits per heavy atom. The van der Waals surface area contributed by atoms with Gasteiger partial charge in [-0.25, -0.2) is 0 Å². The number of aryl methyl sites for hydroxylation is 1. The Labute approximate surface area is 137 Å². The zero-order valence-corrected chi connectivity index (χ0v) is 13.6. The molecule has 2 aliphatic rings. The molecule has 1 aromatic heterocycles. The lowest BCUT2D eigenvalue weighted by atomic mass is 9.97. The van der Waals surface area contributed by atoms with E-state index in [0.29, 0.717) is 19.0 Å². The summed E-state index contributed by atoms with van der Waals surface area (Å²) in [6.45, 7) is 3.59. The van der Waals surface area contributed by atoms with Crippen molar-refractivity contribution >= 4 is 5.91 Å². The minimum absolute atomic E-state index is 0.00340. The molecule has 1 atom stereocenters. The topological polar surface area (TPSA) is 63.1 Å². The first-order valence-electron chi connectivity index (χ1n) is 8.62. The van der Waals surface area contributed by atoms with Crippen molar-refractivity contribution in [2.75, 3.05) is 26.2 Å². The van der Waals surface area contributed by atoms with Crippen LogP contribution in [0, 0.1) is 12.3 Å². The Kier molecular flexibility index (Phi) is 5.29. The van der Waals surface area contributed by atoms with Gasteiger partial charge in [0.15, 0.2) is 0 Å². The van der Waals surface area contributed by atoms with Crippen LogP contribution in [0.2, 0.25) is 0 Å². The molecule has 1 fully saturated rings. The maximum Gasteiger partial charge on any atom is 0.234 e. The minimum atomic E-state index is 0.00340. The number of amides is 1. The number of likely N-dealkylation sites (tertiary alicyclic amines) is 1. The highest BCUT2D eigenvalue weighted by Crippen LogP contribution is 2.27. The first kappa shape index (κ1) is 16.0. The second-order valence-corrected chi connectivity index (χ2v) is 6.49. The van der Waals surface area contributed by atoms with Gasteiger partial charge in [-0.1, -0.05) is 12.3 Å². The molecule has 3 heterocycles. The van der Waals surface area contributed by atoms with E-state index in [2.05, 4.69) is 30.9 Å². The summed E-state index contributed by atoms with van der Waals surface area (Å²) in [5.41, 5.74) is 0. The highest BCUT2D eigenvalue weighted by atomic mass is 16.2. The number of nitrogens with one attached hydrogen (secondary N) is 1. The van der Waals surface area contributed by atoms with Crippen molar-refractivity contribution in [3.63, 3.8) is 0 Å². The number of fused-ring (bicyclic) bond motifs is 1. The van der Waals surface area contributed by atoms with Crippen LogP contribution in [-0.2, 0) is 17.8 Å². The normalized spacial score (nSPS) is 22.0. The highest BCUT2D eigenvalue weighted by molar-refractivity contribution is 5.78. The Morgan fingerprint density at radius 1 is 1.26 bits per heavy atom. The highest BCUT2D eigenvalue weighted by Gasteiger charge is 2.28. The number of terminal acetylenes is 1. The van der Waals surface area contributed by atoms with Crippen LogP contribution in [0.5, 0.6) is 0 Å². The second kappa shape index (κ2) is 7.60. The van der Waals surface area contributed by atoms with Crippen LogP contribution in [0.3, 0.4) is 0 Å². The smallest absolute Gasteiger partial charge is 0.234 e. The van der Waals surface area contributed by atoms with Gasteiger partial charge in [-0.15, -0.1) is 16.6 Å². The Balaban J connectivity index is 1.64. The minimum Gasteiger partial charge on any atom is -0.344 e. The number of hydrogen-bond acceptors (Lipinski definition) is 4. The lowest BCUT2D eigenvalue weighted by molar-refractivity contribution is -0.122. The number of hydrogen-bond donors (Lipinski definition) is 1. The predicted octanol–water partition coefficient (Wildman–Crippen LogP) is 0.933. The number of carbonyl (C=O) groups excluding carboxylic acids is 1. The Hall–Kier alpha value is -1.87. The molecular weight excluding hydrogens is 290 g/mol. The quantitative estimate of drug-likeness (QED) is 0.840. The van der Waals surface area contributed by atoms with Gasteiger partial charge < -0.3 is 9.88 Å². The van der Waals surface area contributed by atoms with E-state index in [1.54, 1.807) is 0 Å². The van der Waals surface area contributed by atoms with E-state index < -0.39 is 0 Å². The van der Waals surface area contributed by atoms with Crippen molar-refractivity contribution in [1.82, 2.24) is 25.0 Å². The van der Waals surface area contributed by atoms with Crippen LogP contribution >= 0.6 is 0 Å². The third kappa shape index (κ3) is 3.91. The van der Waals surface area contributed by atoms with Crippen molar-refractivity contribution in [2.45, 2.75) is 51.0 Å². The first-order chi connectivity index (χ1) is 11.3. The van der Waals surface area contributed by atoms with Crippen LogP contribution in [0.15, 0.2) is 0 Å². The van der Waals surface area contributed by atoms with Crippen molar-refractivity contribution in [3.8, 4) is 12.3 Å². The molecule has 0 saturated carbocycles. The van der Waals surface area contributed by atoms with E-state index in [1.807, 2.05) is 0 Å².